The number of carbonyl (C=O) groups excluding carboxylic acids is 1. The first-order valence-corrected chi connectivity index (χ1v) is 9.09. The summed E-state index contributed by atoms with van der Waals surface area (Å²) >= 11 is 1.60. The van der Waals surface area contributed by atoms with Gasteiger partial charge in [0.1, 0.15) is 11.3 Å². The molecular formula is C18H24N2O4S. The zero-order chi connectivity index (χ0) is 18.9. The molecule has 1 unspecified atom stereocenters. The van der Waals surface area contributed by atoms with Gasteiger partial charge < -0.3 is 14.4 Å². The van der Waals surface area contributed by atoms with Gasteiger partial charge in [0.15, 0.2) is 5.76 Å². The minimum absolute atomic E-state index is 0.0444. The van der Waals surface area contributed by atoms with Crippen LogP contribution in [0.4, 0.5) is 0 Å². The summed E-state index contributed by atoms with van der Waals surface area (Å²) in [4.78, 5) is 31.2. The summed E-state index contributed by atoms with van der Waals surface area (Å²) in [5, 5.41) is 10.3. The lowest BCUT2D eigenvalue weighted by Crippen LogP contribution is -2.29. The van der Waals surface area contributed by atoms with Gasteiger partial charge in [-0.25, -0.2) is 9.78 Å². The minimum Gasteiger partial charge on any atom is -0.478 e. The van der Waals surface area contributed by atoms with Crippen molar-refractivity contribution in [3.8, 4) is 0 Å². The lowest BCUT2D eigenvalue weighted by molar-refractivity contribution is 0.0689. The molecule has 0 spiro atoms. The number of carbonyl (C=O) groups is 2. The van der Waals surface area contributed by atoms with E-state index in [4.69, 9.17) is 4.42 Å². The van der Waals surface area contributed by atoms with Crippen molar-refractivity contribution >= 4 is 23.2 Å². The Hall–Kier alpha value is -2.15. The number of aromatic nitrogens is 1. The largest absolute Gasteiger partial charge is 0.478 e. The average Bonchev–Trinajstić information content (AvgIpc) is 3.16. The smallest absolute Gasteiger partial charge is 0.339 e. The third-order valence-corrected chi connectivity index (χ3v) is 5.82. The summed E-state index contributed by atoms with van der Waals surface area (Å²) < 4.78 is 5.48. The Balaban J connectivity index is 2.29. The fourth-order valence-corrected chi connectivity index (χ4v) is 3.73. The molecule has 0 aliphatic carbocycles. The molecule has 1 N–H and O–H groups in total. The van der Waals surface area contributed by atoms with Gasteiger partial charge in [0.2, 0.25) is 0 Å². The standard InChI is InChI=1S/C18H24N2O4S/c1-7-13-12(18(22)23)8-14(24-13)17(21)20(6)11(5)15-10(4)19-16(25-15)9(2)3/h8-9,11H,7H2,1-6H3,(H,22,23). The number of thiazole rings is 1. The maximum atomic E-state index is 12.7. The molecule has 0 radical (unpaired) electrons. The van der Waals surface area contributed by atoms with E-state index in [1.807, 2.05) is 13.8 Å². The molecule has 2 aromatic rings. The number of hydrogen-bond donors (Lipinski definition) is 1. The number of nitrogens with zero attached hydrogens (tertiary/aromatic N) is 2. The van der Waals surface area contributed by atoms with Crippen LogP contribution in [0.2, 0.25) is 0 Å². The van der Waals surface area contributed by atoms with E-state index < -0.39 is 5.97 Å². The van der Waals surface area contributed by atoms with Gasteiger partial charge >= 0.3 is 5.97 Å². The first kappa shape index (κ1) is 19.2. The van der Waals surface area contributed by atoms with Gasteiger partial charge in [0.05, 0.1) is 16.7 Å². The van der Waals surface area contributed by atoms with Crippen molar-refractivity contribution in [2.45, 2.75) is 53.0 Å². The van der Waals surface area contributed by atoms with Gasteiger partial charge in [-0.3, -0.25) is 4.79 Å². The maximum Gasteiger partial charge on any atom is 0.339 e. The summed E-state index contributed by atoms with van der Waals surface area (Å²) in [6.45, 7) is 9.84. The highest BCUT2D eigenvalue weighted by molar-refractivity contribution is 7.11. The van der Waals surface area contributed by atoms with Crippen LogP contribution in [-0.2, 0) is 6.42 Å². The molecular weight excluding hydrogens is 340 g/mol. The highest BCUT2D eigenvalue weighted by Crippen LogP contribution is 2.32. The molecule has 25 heavy (non-hydrogen) atoms. The van der Waals surface area contributed by atoms with E-state index in [1.165, 1.54) is 6.07 Å². The van der Waals surface area contributed by atoms with Crippen LogP contribution in [0.3, 0.4) is 0 Å². The predicted molar refractivity (Wildman–Crippen MR) is 96.5 cm³/mol. The van der Waals surface area contributed by atoms with Crippen molar-refractivity contribution < 1.29 is 19.1 Å². The number of aromatic carboxylic acids is 1. The summed E-state index contributed by atoms with van der Waals surface area (Å²) in [6, 6.07) is 1.13. The van der Waals surface area contributed by atoms with Gasteiger partial charge in [-0.05, 0) is 13.8 Å². The third-order valence-electron chi connectivity index (χ3n) is 4.19. The number of carboxylic acids is 1. The van der Waals surface area contributed by atoms with E-state index in [-0.39, 0.29) is 23.3 Å². The molecule has 1 amide bonds. The van der Waals surface area contributed by atoms with Gasteiger partial charge in [-0.2, -0.15) is 0 Å². The zero-order valence-electron chi connectivity index (χ0n) is 15.4. The Kier molecular flexibility index (Phi) is 5.67. The molecule has 0 aliphatic rings. The van der Waals surface area contributed by atoms with Crippen LogP contribution in [0.1, 0.15) is 81.9 Å². The van der Waals surface area contributed by atoms with Crippen LogP contribution in [0.15, 0.2) is 10.5 Å². The molecule has 0 saturated heterocycles. The third kappa shape index (κ3) is 3.76. The first-order valence-electron chi connectivity index (χ1n) is 8.27. The Morgan fingerprint density at radius 1 is 1.36 bits per heavy atom. The monoisotopic (exact) mass is 364 g/mol. The molecule has 136 valence electrons. The van der Waals surface area contributed by atoms with Gasteiger partial charge in [0.25, 0.3) is 5.91 Å². The number of hydrogen-bond acceptors (Lipinski definition) is 5. The second-order valence-electron chi connectivity index (χ2n) is 6.35. The second kappa shape index (κ2) is 7.39. The molecule has 2 heterocycles. The lowest BCUT2D eigenvalue weighted by atomic mass is 10.2. The van der Waals surface area contributed by atoms with Crippen molar-refractivity contribution in [1.82, 2.24) is 9.88 Å². The first-order chi connectivity index (χ1) is 11.7. The van der Waals surface area contributed by atoms with E-state index in [0.29, 0.717) is 18.1 Å². The molecule has 0 aromatic carbocycles. The zero-order valence-corrected chi connectivity index (χ0v) is 16.2. The number of aryl methyl sites for hydroxylation is 2. The predicted octanol–water partition coefficient (Wildman–Crippen LogP) is 4.26. The summed E-state index contributed by atoms with van der Waals surface area (Å²) in [5.41, 5.74) is 0.962. The molecule has 6 nitrogen and oxygen atoms in total. The van der Waals surface area contributed by atoms with Crippen molar-refractivity contribution in [2.24, 2.45) is 0 Å². The quantitative estimate of drug-likeness (QED) is 0.828. The molecule has 2 rings (SSSR count). The van der Waals surface area contributed by atoms with Crippen LogP contribution in [0, 0.1) is 6.92 Å². The van der Waals surface area contributed by atoms with E-state index in [2.05, 4.69) is 18.8 Å². The normalized spacial score (nSPS) is 12.4. The van der Waals surface area contributed by atoms with E-state index in [9.17, 15) is 14.7 Å². The fraction of sp³-hybridized carbons (Fsp3) is 0.500. The Labute approximate surface area is 151 Å². The number of rotatable bonds is 6. The molecule has 0 fully saturated rings. The van der Waals surface area contributed by atoms with Crippen molar-refractivity contribution in [2.75, 3.05) is 7.05 Å². The summed E-state index contributed by atoms with van der Waals surface area (Å²) in [7, 11) is 1.69. The fourth-order valence-electron chi connectivity index (χ4n) is 2.57. The molecule has 7 heteroatoms. The number of furan rings is 1. The minimum atomic E-state index is -1.09. The Morgan fingerprint density at radius 3 is 2.44 bits per heavy atom. The van der Waals surface area contributed by atoms with Crippen LogP contribution in [-0.4, -0.2) is 33.9 Å². The van der Waals surface area contributed by atoms with Crippen molar-refractivity contribution in [1.29, 1.82) is 0 Å². The molecule has 0 saturated carbocycles. The summed E-state index contributed by atoms with van der Waals surface area (Å²) in [5.74, 6) is -0.729. The van der Waals surface area contributed by atoms with Crippen LogP contribution in [0.25, 0.3) is 0 Å². The maximum absolute atomic E-state index is 12.7. The van der Waals surface area contributed by atoms with Crippen molar-refractivity contribution in [3.63, 3.8) is 0 Å². The summed E-state index contributed by atoms with van der Waals surface area (Å²) in [6.07, 6.45) is 0.417. The molecule has 2 aromatic heterocycles. The van der Waals surface area contributed by atoms with E-state index in [0.717, 1.165) is 15.6 Å². The van der Waals surface area contributed by atoms with Crippen LogP contribution >= 0.6 is 11.3 Å². The SMILES string of the molecule is CCc1oc(C(=O)N(C)C(C)c2sc(C(C)C)nc2C)cc1C(=O)O. The topological polar surface area (TPSA) is 83.6 Å². The highest BCUT2D eigenvalue weighted by Gasteiger charge is 2.27. The van der Waals surface area contributed by atoms with Crippen molar-refractivity contribution in [3.05, 3.63) is 38.7 Å². The number of amides is 1. The number of carboxylic acid groups (broad SMARTS) is 1. The van der Waals surface area contributed by atoms with Crippen LogP contribution in [0.5, 0.6) is 0 Å². The van der Waals surface area contributed by atoms with Gasteiger partial charge in [-0.15, -0.1) is 11.3 Å². The highest BCUT2D eigenvalue weighted by atomic mass is 32.1. The van der Waals surface area contributed by atoms with Gasteiger partial charge in [0, 0.05) is 30.3 Å². The van der Waals surface area contributed by atoms with Crippen LogP contribution < -0.4 is 0 Å². The average molecular weight is 364 g/mol. The van der Waals surface area contributed by atoms with E-state index >= 15 is 0 Å². The second-order valence-corrected chi connectivity index (χ2v) is 7.42. The molecule has 0 aliphatic heterocycles. The lowest BCUT2D eigenvalue weighted by Gasteiger charge is -2.23. The van der Waals surface area contributed by atoms with E-state index in [1.54, 1.807) is 30.2 Å². The molecule has 0 bridgehead atoms. The Morgan fingerprint density at radius 2 is 2.00 bits per heavy atom. The Bertz CT molecular complexity index is 791. The molecule has 1 atom stereocenters. The van der Waals surface area contributed by atoms with Gasteiger partial charge in [-0.1, -0.05) is 20.8 Å².